The topological polar surface area (TPSA) is 54.4 Å². The zero-order chi connectivity index (χ0) is 8.85. The van der Waals surface area contributed by atoms with Gasteiger partial charge in [-0.05, 0) is 22.4 Å². The van der Waals surface area contributed by atoms with Gasteiger partial charge in [-0.3, -0.25) is 9.59 Å². The van der Waals surface area contributed by atoms with Crippen molar-refractivity contribution in [1.29, 1.82) is 0 Å². The minimum Gasteiger partial charge on any atom is -0.481 e. The number of hydrogen-bond acceptors (Lipinski definition) is 2. The van der Waals surface area contributed by atoms with Gasteiger partial charge in [0, 0.05) is 0 Å². The van der Waals surface area contributed by atoms with E-state index in [2.05, 4.69) is 15.9 Å². The molecule has 11 heavy (non-hydrogen) atoms. The average Bonchev–Trinajstić information content (AvgIpc) is 1.86. The number of rotatable bonds is 4. The Kier molecular flexibility index (Phi) is 4.77. The van der Waals surface area contributed by atoms with Crippen LogP contribution in [-0.2, 0) is 9.59 Å². The second-order valence-electron chi connectivity index (χ2n) is 1.95. The van der Waals surface area contributed by atoms with Crippen molar-refractivity contribution >= 4 is 27.7 Å². The van der Waals surface area contributed by atoms with E-state index in [1.807, 2.05) is 6.92 Å². The molecule has 62 valence electrons. The van der Waals surface area contributed by atoms with Gasteiger partial charge < -0.3 is 5.11 Å². The third-order valence-electron chi connectivity index (χ3n) is 0.961. The Labute approximate surface area is 73.2 Å². The van der Waals surface area contributed by atoms with Crippen LogP contribution in [0.25, 0.3) is 0 Å². The first-order valence-corrected chi connectivity index (χ1v) is 3.97. The quantitative estimate of drug-likeness (QED) is 0.580. The summed E-state index contributed by atoms with van der Waals surface area (Å²) in [4.78, 5) is 20.9. The molecule has 0 aliphatic heterocycles. The van der Waals surface area contributed by atoms with E-state index in [1.165, 1.54) is 0 Å². The molecule has 0 saturated heterocycles. The Hall–Kier alpha value is -0.640. The van der Waals surface area contributed by atoms with E-state index in [9.17, 15) is 9.59 Å². The minimum absolute atomic E-state index is 0.349. The molecule has 0 aromatic rings. The number of carbonyl (C=O) groups is 2. The summed E-state index contributed by atoms with van der Waals surface area (Å²) in [5, 5.41) is 8.23. The van der Waals surface area contributed by atoms with Gasteiger partial charge in [-0.15, -0.1) is 0 Å². The molecule has 0 aromatic heterocycles. The third-order valence-corrected chi connectivity index (χ3v) is 1.73. The predicted octanol–water partition coefficient (Wildman–Crippen LogP) is 1.72. The molecule has 0 aliphatic carbocycles. The SMILES string of the molecule is CCC=C(Br)C(=O)CC(=O)O. The number of carboxylic acids is 1. The summed E-state index contributed by atoms with van der Waals surface area (Å²) in [6.45, 7) is 1.87. The molecule has 4 heteroatoms. The van der Waals surface area contributed by atoms with Crippen LogP contribution in [0, 0.1) is 0 Å². The van der Waals surface area contributed by atoms with E-state index in [0.29, 0.717) is 10.9 Å². The highest BCUT2D eigenvalue weighted by Crippen LogP contribution is 2.09. The molecule has 0 amide bonds. The summed E-state index contributed by atoms with van der Waals surface area (Å²) in [5.74, 6) is -1.49. The number of allylic oxidation sites excluding steroid dienone is 2. The van der Waals surface area contributed by atoms with Crippen molar-refractivity contribution in [2.75, 3.05) is 0 Å². The third kappa shape index (κ3) is 4.72. The number of aliphatic carboxylic acids is 1. The van der Waals surface area contributed by atoms with Crippen molar-refractivity contribution in [3.05, 3.63) is 10.6 Å². The summed E-state index contributed by atoms with van der Waals surface area (Å²) < 4.78 is 0.349. The first-order valence-electron chi connectivity index (χ1n) is 3.18. The van der Waals surface area contributed by atoms with Gasteiger partial charge in [-0.25, -0.2) is 0 Å². The van der Waals surface area contributed by atoms with Gasteiger partial charge in [0.2, 0.25) is 0 Å². The van der Waals surface area contributed by atoms with Crippen molar-refractivity contribution in [2.45, 2.75) is 19.8 Å². The fourth-order valence-electron chi connectivity index (χ4n) is 0.515. The van der Waals surface area contributed by atoms with Crippen molar-refractivity contribution in [3.63, 3.8) is 0 Å². The molecular formula is C7H9BrO3. The summed E-state index contributed by atoms with van der Waals surface area (Å²) in [7, 11) is 0. The van der Waals surface area contributed by atoms with E-state index in [4.69, 9.17) is 5.11 Å². The molecule has 0 heterocycles. The van der Waals surface area contributed by atoms with Gasteiger partial charge in [0.15, 0.2) is 5.78 Å². The lowest BCUT2D eigenvalue weighted by atomic mass is 10.2. The molecule has 1 N–H and O–H groups in total. The van der Waals surface area contributed by atoms with Crippen LogP contribution in [-0.4, -0.2) is 16.9 Å². The summed E-state index contributed by atoms with van der Waals surface area (Å²) >= 11 is 2.98. The lowest BCUT2D eigenvalue weighted by Crippen LogP contribution is -2.05. The van der Waals surface area contributed by atoms with E-state index in [1.54, 1.807) is 6.08 Å². The molecule has 0 atom stereocenters. The van der Waals surface area contributed by atoms with Gasteiger partial charge in [-0.1, -0.05) is 13.0 Å². The molecule has 3 nitrogen and oxygen atoms in total. The van der Waals surface area contributed by atoms with Crippen LogP contribution in [0.5, 0.6) is 0 Å². The standard InChI is InChI=1S/C7H9BrO3/c1-2-3-5(8)6(9)4-7(10)11/h3H,2,4H2,1H3,(H,10,11). The normalized spacial score (nSPS) is 11.3. The van der Waals surface area contributed by atoms with Crippen LogP contribution >= 0.6 is 15.9 Å². The maximum atomic E-state index is 10.8. The molecule has 0 aliphatic rings. The zero-order valence-corrected chi connectivity index (χ0v) is 7.72. The Morgan fingerprint density at radius 2 is 2.09 bits per heavy atom. The maximum Gasteiger partial charge on any atom is 0.311 e. The molecule has 0 rings (SSSR count). The molecular weight excluding hydrogens is 212 g/mol. The van der Waals surface area contributed by atoms with Gasteiger partial charge in [0.25, 0.3) is 0 Å². The number of hydrogen-bond donors (Lipinski definition) is 1. The molecule has 0 spiro atoms. The Balaban J connectivity index is 4.03. The predicted molar refractivity (Wildman–Crippen MR) is 44.6 cm³/mol. The highest BCUT2D eigenvalue weighted by molar-refractivity contribution is 9.12. The molecule has 0 bridgehead atoms. The number of carboxylic acid groups (broad SMARTS) is 1. The average molecular weight is 221 g/mol. The van der Waals surface area contributed by atoms with Crippen molar-refractivity contribution in [3.8, 4) is 0 Å². The van der Waals surface area contributed by atoms with Gasteiger partial charge in [0.1, 0.15) is 6.42 Å². The van der Waals surface area contributed by atoms with Crippen LogP contribution in [0.4, 0.5) is 0 Å². The maximum absolute atomic E-state index is 10.8. The fraction of sp³-hybridized carbons (Fsp3) is 0.429. The largest absolute Gasteiger partial charge is 0.481 e. The Morgan fingerprint density at radius 1 is 1.55 bits per heavy atom. The van der Waals surface area contributed by atoms with E-state index < -0.39 is 12.4 Å². The second kappa shape index (κ2) is 5.07. The molecule has 0 aromatic carbocycles. The van der Waals surface area contributed by atoms with Gasteiger partial charge >= 0.3 is 5.97 Å². The van der Waals surface area contributed by atoms with Gasteiger partial charge in [-0.2, -0.15) is 0 Å². The fourth-order valence-corrected chi connectivity index (χ4v) is 0.979. The van der Waals surface area contributed by atoms with Crippen LogP contribution in [0.2, 0.25) is 0 Å². The number of ketones is 1. The first-order chi connectivity index (χ1) is 5.07. The molecule has 0 saturated carbocycles. The van der Waals surface area contributed by atoms with Crippen LogP contribution < -0.4 is 0 Å². The smallest absolute Gasteiger partial charge is 0.311 e. The highest BCUT2D eigenvalue weighted by atomic mass is 79.9. The molecule has 0 fully saturated rings. The summed E-state index contributed by atoms with van der Waals surface area (Å²) in [6, 6.07) is 0. The highest BCUT2D eigenvalue weighted by Gasteiger charge is 2.09. The van der Waals surface area contributed by atoms with Crippen LogP contribution in [0.1, 0.15) is 19.8 Å². The molecule has 0 radical (unpaired) electrons. The first kappa shape index (κ1) is 10.4. The number of carbonyl (C=O) groups excluding carboxylic acids is 1. The van der Waals surface area contributed by atoms with Crippen molar-refractivity contribution < 1.29 is 14.7 Å². The van der Waals surface area contributed by atoms with Gasteiger partial charge in [0.05, 0.1) is 4.48 Å². The summed E-state index contributed by atoms with van der Waals surface area (Å²) in [5.41, 5.74) is 0. The van der Waals surface area contributed by atoms with Crippen LogP contribution in [0.3, 0.4) is 0 Å². The van der Waals surface area contributed by atoms with Crippen LogP contribution in [0.15, 0.2) is 10.6 Å². The number of halogens is 1. The number of Topliss-reactive ketones (excluding diaryl/α,β-unsaturated/α-hetero) is 1. The van der Waals surface area contributed by atoms with Crippen molar-refractivity contribution in [2.24, 2.45) is 0 Å². The minimum atomic E-state index is -1.10. The van der Waals surface area contributed by atoms with E-state index >= 15 is 0 Å². The Morgan fingerprint density at radius 3 is 2.45 bits per heavy atom. The lowest BCUT2D eigenvalue weighted by Gasteiger charge is -1.93. The molecule has 0 unspecified atom stereocenters. The lowest BCUT2D eigenvalue weighted by molar-refractivity contribution is -0.139. The van der Waals surface area contributed by atoms with E-state index in [0.717, 1.165) is 0 Å². The summed E-state index contributed by atoms with van der Waals surface area (Å²) in [6.07, 6.45) is 1.91. The van der Waals surface area contributed by atoms with E-state index in [-0.39, 0.29) is 5.78 Å². The second-order valence-corrected chi connectivity index (χ2v) is 2.81. The Bertz CT molecular complexity index is 196. The van der Waals surface area contributed by atoms with Crippen molar-refractivity contribution in [1.82, 2.24) is 0 Å². The monoisotopic (exact) mass is 220 g/mol. The zero-order valence-electron chi connectivity index (χ0n) is 6.13.